The van der Waals surface area contributed by atoms with Gasteiger partial charge in [-0.1, -0.05) is 47.7 Å². The quantitative estimate of drug-likeness (QED) is 0.460. The molecule has 0 spiro atoms. The van der Waals surface area contributed by atoms with Crippen molar-refractivity contribution in [2.75, 3.05) is 0 Å². The molecule has 3 heterocycles. The van der Waals surface area contributed by atoms with E-state index in [0.717, 1.165) is 35.6 Å². The molecule has 6 heteroatoms. The van der Waals surface area contributed by atoms with Crippen LogP contribution in [0.4, 0.5) is 0 Å². The van der Waals surface area contributed by atoms with Gasteiger partial charge in [-0.25, -0.2) is 4.98 Å². The van der Waals surface area contributed by atoms with Crippen LogP contribution in [0, 0.1) is 0 Å². The van der Waals surface area contributed by atoms with Crippen LogP contribution in [0.5, 0.6) is 0 Å². The summed E-state index contributed by atoms with van der Waals surface area (Å²) in [7, 11) is 1.86. The molecule has 0 N–H and O–H groups in total. The number of aromatic nitrogens is 6. The van der Waals surface area contributed by atoms with Crippen LogP contribution < -0.4 is 0 Å². The number of nitrogens with zero attached hydrogens (tertiary/aromatic N) is 6. The van der Waals surface area contributed by atoms with E-state index in [1.165, 1.54) is 16.3 Å². The van der Waals surface area contributed by atoms with Crippen molar-refractivity contribution >= 4 is 10.8 Å². The van der Waals surface area contributed by atoms with E-state index in [4.69, 9.17) is 0 Å². The lowest BCUT2D eigenvalue weighted by Gasteiger charge is -2.07. The Morgan fingerprint density at radius 2 is 1.76 bits per heavy atom. The van der Waals surface area contributed by atoms with Crippen molar-refractivity contribution in [2.24, 2.45) is 7.05 Å². The van der Waals surface area contributed by atoms with Gasteiger partial charge in [0.2, 0.25) is 0 Å². The summed E-state index contributed by atoms with van der Waals surface area (Å²) in [4.78, 5) is 9.04. The molecule has 0 aliphatic carbocycles. The maximum absolute atomic E-state index is 4.56. The Morgan fingerprint density at radius 1 is 0.862 bits per heavy atom. The van der Waals surface area contributed by atoms with E-state index >= 15 is 0 Å². The first-order valence-corrected chi connectivity index (χ1v) is 9.58. The largest absolute Gasteiger partial charge is 0.336 e. The molecule has 142 valence electrons. The van der Waals surface area contributed by atoms with Crippen LogP contribution in [0.1, 0.15) is 5.56 Å². The van der Waals surface area contributed by atoms with Crippen LogP contribution in [-0.4, -0.2) is 29.5 Å². The summed E-state index contributed by atoms with van der Waals surface area (Å²) < 4.78 is 3.81. The first-order valence-electron chi connectivity index (χ1n) is 9.58. The Morgan fingerprint density at radius 3 is 2.66 bits per heavy atom. The summed E-state index contributed by atoms with van der Waals surface area (Å²) in [6.07, 6.45) is 8.55. The highest BCUT2D eigenvalue weighted by atomic mass is 15.4. The molecule has 0 saturated carbocycles. The molecule has 0 bridgehead atoms. The molecule has 0 saturated heterocycles. The van der Waals surface area contributed by atoms with Crippen molar-refractivity contribution in [3.05, 3.63) is 85.1 Å². The number of fused-ring (bicyclic) bond motifs is 1. The summed E-state index contributed by atoms with van der Waals surface area (Å²) >= 11 is 0. The molecule has 0 amide bonds. The van der Waals surface area contributed by atoms with E-state index in [-0.39, 0.29) is 0 Å². The van der Waals surface area contributed by atoms with Gasteiger partial charge in [-0.05, 0) is 34.9 Å². The van der Waals surface area contributed by atoms with Crippen LogP contribution in [0.2, 0.25) is 0 Å². The van der Waals surface area contributed by atoms with Gasteiger partial charge in [-0.2, -0.15) is 0 Å². The van der Waals surface area contributed by atoms with Gasteiger partial charge in [0.15, 0.2) is 0 Å². The molecule has 2 aromatic carbocycles. The van der Waals surface area contributed by atoms with Crippen LogP contribution in [-0.2, 0) is 20.0 Å². The fraction of sp³-hybridized carbons (Fsp3) is 0.130. The van der Waals surface area contributed by atoms with Crippen LogP contribution in [0.25, 0.3) is 33.4 Å². The molecule has 0 fully saturated rings. The average molecular weight is 380 g/mol. The Hall–Kier alpha value is -3.80. The van der Waals surface area contributed by atoms with Crippen molar-refractivity contribution in [3.8, 4) is 22.6 Å². The Bertz CT molecular complexity index is 1280. The summed E-state index contributed by atoms with van der Waals surface area (Å²) in [5.41, 5.74) is 4.84. The lowest BCUT2D eigenvalue weighted by molar-refractivity contribution is 0.698. The van der Waals surface area contributed by atoms with Crippen LogP contribution >= 0.6 is 0 Å². The number of hydrogen-bond donors (Lipinski definition) is 0. The minimum atomic E-state index is 0.825. The number of aryl methyl sites for hydroxylation is 3. The zero-order chi connectivity index (χ0) is 19.6. The second-order valence-corrected chi connectivity index (χ2v) is 7.09. The van der Waals surface area contributed by atoms with Gasteiger partial charge in [0.05, 0.1) is 18.2 Å². The molecule has 0 radical (unpaired) electrons. The normalized spacial score (nSPS) is 11.2. The van der Waals surface area contributed by atoms with Crippen molar-refractivity contribution in [1.82, 2.24) is 29.5 Å². The summed E-state index contributed by atoms with van der Waals surface area (Å²) in [6, 6.07) is 18.9. The Kier molecular flexibility index (Phi) is 4.37. The topological polar surface area (TPSA) is 61.4 Å². The number of imidazole rings is 1. The highest BCUT2D eigenvalue weighted by Gasteiger charge is 2.09. The molecule has 0 aliphatic rings. The molecule has 29 heavy (non-hydrogen) atoms. The predicted octanol–water partition coefficient (Wildman–Crippen LogP) is 4.14. The van der Waals surface area contributed by atoms with E-state index in [1.807, 2.05) is 37.9 Å². The van der Waals surface area contributed by atoms with E-state index in [1.54, 1.807) is 10.9 Å². The number of benzene rings is 2. The maximum atomic E-state index is 4.56. The molecule has 0 atom stereocenters. The third-order valence-corrected chi connectivity index (χ3v) is 5.07. The fourth-order valence-electron chi connectivity index (χ4n) is 3.58. The Labute approximate surface area is 168 Å². The number of hydrogen-bond acceptors (Lipinski definition) is 4. The molecule has 5 rings (SSSR count). The van der Waals surface area contributed by atoms with Gasteiger partial charge in [0.25, 0.3) is 0 Å². The van der Waals surface area contributed by atoms with E-state index < -0.39 is 0 Å². The van der Waals surface area contributed by atoms with Crippen LogP contribution in [0.3, 0.4) is 0 Å². The standard InChI is InChI=1S/C23H20N6/c1-28-14-22(26-27-28)19-9-11-24-21(13-19)23-15-29(16-25-23)12-10-18-7-4-6-17-5-2-3-8-20(17)18/h2-9,11,13-16H,10,12H2,1H3. The molecule has 0 aliphatic heterocycles. The van der Waals surface area contributed by atoms with Gasteiger partial charge < -0.3 is 4.57 Å². The minimum absolute atomic E-state index is 0.825. The third kappa shape index (κ3) is 3.52. The zero-order valence-electron chi connectivity index (χ0n) is 16.1. The van der Waals surface area contributed by atoms with Crippen LogP contribution in [0.15, 0.2) is 79.5 Å². The number of rotatable bonds is 5. The monoisotopic (exact) mass is 380 g/mol. The third-order valence-electron chi connectivity index (χ3n) is 5.07. The summed E-state index contributed by atoms with van der Waals surface area (Å²) in [5.74, 6) is 0. The smallest absolute Gasteiger partial charge is 0.113 e. The van der Waals surface area contributed by atoms with Gasteiger partial charge >= 0.3 is 0 Å². The second-order valence-electron chi connectivity index (χ2n) is 7.09. The van der Waals surface area contributed by atoms with Gasteiger partial charge in [-0.3, -0.25) is 9.67 Å². The van der Waals surface area contributed by atoms with Crippen molar-refractivity contribution in [3.63, 3.8) is 0 Å². The van der Waals surface area contributed by atoms with E-state index in [9.17, 15) is 0 Å². The highest BCUT2D eigenvalue weighted by molar-refractivity contribution is 5.85. The number of pyridine rings is 1. The summed E-state index contributed by atoms with van der Waals surface area (Å²) in [6.45, 7) is 0.866. The Balaban J connectivity index is 1.36. The van der Waals surface area contributed by atoms with E-state index in [0.29, 0.717) is 0 Å². The molecule has 3 aromatic heterocycles. The van der Waals surface area contributed by atoms with Crippen molar-refractivity contribution in [2.45, 2.75) is 13.0 Å². The molecular weight excluding hydrogens is 360 g/mol. The molecule has 0 unspecified atom stereocenters. The molecular formula is C23H20N6. The first-order chi connectivity index (χ1) is 14.3. The minimum Gasteiger partial charge on any atom is -0.336 e. The molecule has 6 nitrogen and oxygen atoms in total. The maximum Gasteiger partial charge on any atom is 0.113 e. The molecule has 5 aromatic rings. The second kappa shape index (κ2) is 7.31. The predicted molar refractivity (Wildman–Crippen MR) is 113 cm³/mol. The van der Waals surface area contributed by atoms with Gasteiger partial charge in [0.1, 0.15) is 11.4 Å². The van der Waals surface area contributed by atoms with Crippen molar-refractivity contribution < 1.29 is 0 Å². The average Bonchev–Trinajstić information content (AvgIpc) is 3.41. The SMILES string of the molecule is Cn1cc(-c2ccnc(-c3cn(CCc4cccc5ccccc45)cn3)c2)nn1. The highest BCUT2D eigenvalue weighted by Crippen LogP contribution is 2.23. The van der Waals surface area contributed by atoms with Gasteiger partial charge in [-0.15, -0.1) is 5.10 Å². The summed E-state index contributed by atoms with van der Waals surface area (Å²) in [5, 5.41) is 10.8. The van der Waals surface area contributed by atoms with Gasteiger partial charge in [0, 0.05) is 31.5 Å². The van der Waals surface area contributed by atoms with Crippen molar-refractivity contribution in [1.29, 1.82) is 0 Å². The first kappa shape index (κ1) is 17.3. The van der Waals surface area contributed by atoms with E-state index in [2.05, 4.69) is 67.3 Å². The lowest BCUT2D eigenvalue weighted by Crippen LogP contribution is -1.99. The zero-order valence-corrected chi connectivity index (χ0v) is 16.1. The lowest BCUT2D eigenvalue weighted by atomic mass is 10.0. The fourth-order valence-corrected chi connectivity index (χ4v) is 3.58.